The molecule has 2 rings (SSSR count). The number of ether oxygens (including phenoxy) is 1. The van der Waals surface area contributed by atoms with Crippen LogP contribution in [-0.2, 0) is 14.8 Å². The number of nitrogens with zero attached hydrogens (tertiary/aromatic N) is 1. The van der Waals surface area contributed by atoms with Crippen LogP contribution in [0.2, 0.25) is 0 Å². The summed E-state index contributed by atoms with van der Waals surface area (Å²) >= 11 is 0. The van der Waals surface area contributed by atoms with Gasteiger partial charge in [0.2, 0.25) is 10.0 Å². The molecule has 1 saturated heterocycles. The summed E-state index contributed by atoms with van der Waals surface area (Å²) in [4.78, 5) is 0. The van der Waals surface area contributed by atoms with E-state index in [4.69, 9.17) is 4.74 Å². The second kappa shape index (κ2) is 6.83. The minimum Gasteiger partial charge on any atom is -0.381 e. The molecule has 7 heteroatoms. The number of benzene rings is 1. The van der Waals surface area contributed by atoms with Gasteiger partial charge in [0.05, 0.1) is 17.9 Å². The fourth-order valence-corrected chi connectivity index (χ4v) is 4.35. The van der Waals surface area contributed by atoms with Gasteiger partial charge in [0.1, 0.15) is 5.82 Å². The predicted octanol–water partition coefficient (Wildman–Crippen LogP) is 1.14. The lowest BCUT2D eigenvalue weighted by atomic mass is 10.1. The number of rotatable bonds is 5. The van der Waals surface area contributed by atoms with E-state index >= 15 is 0 Å². The van der Waals surface area contributed by atoms with Crippen molar-refractivity contribution in [1.82, 2.24) is 9.62 Å². The Morgan fingerprint density at radius 1 is 1.52 bits per heavy atom. The van der Waals surface area contributed by atoms with Crippen molar-refractivity contribution >= 4 is 10.0 Å². The zero-order valence-corrected chi connectivity index (χ0v) is 13.1. The van der Waals surface area contributed by atoms with Crippen LogP contribution >= 0.6 is 0 Å². The van der Waals surface area contributed by atoms with Crippen molar-refractivity contribution in [2.75, 3.05) is 32.5 Å². The maximum Gasteiger partial charge on any atom is 0.217 e. The first kappa shape index (κ1) is 16.4. The van der Waals surface area contributed by atoms with E-state index in [1.54, 1.807) is 19.1 Å². The zero-order chi connectivity index (χ0) is 15.5. The minimum absolute atomic E-state index is 0.0741. The van der Waals surface area contributed by atoms with E-state index in [9.17, 15) is 12.8 Å². The maximum absolute atomic E-state index is 13.4. The third kappa shape index (κ3) is 4.00. The topological polar surface area (TPSA) is 58.6 Å². The second-order valence-corrected chi connectivity index (χ2v) is 7.18. The number of halogens is 1. The number of nitrogens with one attached hydrogen (secondary N) is 1. The Morgan fingerprint density at radius 3 is 2.95 bits per heavy atom. The Bertz CT molecular complexity index is 579. The standard InChI is InChI=1S/C14H21FN2O3S/c1-11(20-2)10-21(18,19)17-7-6-16-9-14(17)12-4-3-5-13(15)8-12/h3-5,8,11,14,16H,6-7,9-10H2,1-2H3. The van der Waals surface area contributed by atoms with Gasteiger partial charge in [-0.05, 0) is 24.6 Å². The molecular formula is C14H21FN2O3S. The van der Waals surface area contributed by atoms with Crippen LogP contribution < -0.4 is 5.32 Å². The number of sulfonamides is 1. The molecule has 118 valence electrons. The quantitative estimate of drug-likeness (QED) is 0.885. The highest BCUT2D eigenvalue weighted by molar-refractivity contribution is 7.89. The minimum atomic E-state index is -3.46. The van der Waals surface area contributed by atoms with Crippen LogP contribution in [0.3, 0.4) is 0 Å². The summed E-state index contributed by atoms with van der Waals surface area (Å²) in [7, 11) is -1.97. The highest BCUT2D eigenvalue weighted by Crippen LogP contribution is 2.26. The van der Waals surface area contributed by atoms with Gasteiger partial charge in [0.25, 0.3) is 0 Å². The van der Waals surface area contributed by atoms with Crippen molar-refractivity contribution in [3.8, 4) is 0 Å². The Balaban J connectivity index is 2.27. The summed E-state index contributed by atoms with van der Waals surface area (Å²) in [6.07, 6.45) is -0.377. The van der Waals surface area contributed by atoms with Gasteiger partial charge in [0.15, 0.2) is 0 Å². The molecule has 0 amide bonds. The summed E-state index contributed by atoms with van der Waals surface area (Å²) in [5.41, 5.74) is 0.663. The molecule has 0 aromatic heterocycles. The first-order valence-corrected chi connectivity index (χ1v) is 8.53. The molecule has 5 nitrogen and oxygen atoms in total. The molecule has 1 fully saturated rings. The fourth-order valence-electron chi connectivity index (χ4n) is 2.48. The summed E-state index contributed by atoms with van der Waals surface area (Å²) < 4.78 is 45.0. The van der Waals surface area contributed by atoms with Crippen molar-refractivity contribution in [2.24, 2.45) is 0 Å². The van der Waals surface area contributed by atoms with E-state index in [2.05, 4.69) is 5.32 Å². The maximum atomic E-state index is 13.4. The summed E-state index contributed by atoms with van der Waals surface area (Å²) in [5.74, 6) is -0.435. The lowest BCUT2D eigenvalue weighted by Crippen LogP contribution is -2.50. The first-order valence-electron chi connectivity index (χ1n) is 6.92. The lowest BCUT2D eigenvalue weighted by molar-refractivity contribution is 0.134. The zero-order valence-electron chi connectivity index (χ0n) is 12.3. The molecule has 0 radical (unpaired) electrons. The van der Waals surface area contributed by atoms with Crippen LogP contribution in [0.4, 0.5) is 4.39 Å². The van der Waals surface area contributed by atoms with Gasteiger partial charge in [0, 0.05) is 26.7 Å². The Labute approximate surface area is 125 Å². The molecule has 1 aliphatic rings. The van der Waals surface area contributed by atoms with Crippen LogP contribution in [0.15, 0.2) is 24.3 Å². The molecule has 1 N–H and O–H groups in total. The number of piperazine rings is 1. The van der Waals surface area contributed by atoms with Crippen molar-refractivity contribution in [3.63, 3.8) is 0 Å². The van der Waals surface area contributed by atoms with Crippen LogP contribution in [0.5, 0.6) is 0 Å². The largest absolute Gasteiger partial charge is 0.381 e. The molecule has 0 aliphatic carbocycles. The Hall–Kier alpha value is -1.02. The molecule has 2 unspecified atom stereocenters. The molecular weight excluding hydrogens is 295 g/mol. The van der Waals surface area contributed by atoms with E-state index in [0.717, 1.165) is 0 Å². The normalized spacial score (nSPS) is 22.1. The molecule has 0 bridgehead atoms. The van der Waals surface area contributed by atoms with Gasteiger partial charge < -0.3 is 10.1 Å². The average Bonchev–Trinajstić information content (AvgIpc) is 2.46. The summed E-state index contributed by atoms with van der Waals surface area (Å²) in [5, 5.41) is 3.16. The van der Waals surface area contributed by atoms with Crippen LogP contribution in [-0.4, -0.2) is 51.3 Å². The predicted molar refractivity (Wildman–Crippen MR) is 79.0 cm³/mol. The van der Waals surface area contributed by atoms with Crippen molar-refractivity contribution in [3.05, 3.63) is 35.6 Å². The van der Waals surface area contributed by atoms with Gasteiger partial charge >= 0.3 is 0 Å². The smallest absolute Gasteiger partial charge is 0.217 e. The Morgan fingerprint density at radius 2 is 2.29 bits per heavy atom. The summed E-state index contributed by atoms with van der Waals surface area (Å²) in [6, 6.07) is 5.71. The third-order valence-corrected chi connectivity index (χ3v) is 5.68. The SMILES string of the molecule is COC(C)CS(=O)(=O)N1CCNCC1c1cccc(F)c1. The van der Waals surface area contributed by atoms with E-state index in [1.807, 2.05) is 0 Å². The second-order valence-electron chi connectivity index (χ2n) is 5.21. The highest BCUT2D eigenvalue weighted by Gasteiger charge is 2.34. The average molecular weight is 316 g/mol. The molecule has 0 saturated carbocycles. The summed E-state index contributed by atoms with van der Waals surface area (Å²) in [6.45, 7) is 3.16. The molecule has 1 aromatic carbocycles. The number of methoxy groups -OCH3 is 1. The van der Waals surface area contributed by atoms with Gasteiger partial charge in [-0.2, -0.15) is 4.31 Å². The van der Waals surface area contributed by atoms with Crippen LogP contribution in [0.1, 0.15) is 18.5 Å². The van der Waals surface area contributed by atoms with E-state index in [1.165, 1.54) is 23.5 Å². The first-order chi connectivity index (χ1) is 9.94. The van der Waals surface area contributed by atoms with Crippen LogP contribution in [0.25, 0.3) is 0 Å². The monoisotopic (exact) mass is 316 g/mol. The van der Waals surface area contributed by atoms with Crippen molar-refractivity contribution in [1.29, 1.82) is 0 Å². The highest BCUT2D eigenvalue weighted by atomic mass is 32.2. The third-order valence-electron chi connectivity index (χ3n) is 3.63. The van der Waals surface area contributed by atoms with Crippen LogP contribution in [0, 0.1) is 5.82 Å². The van der Waals surface area contributed by atoms with E-state index in [0.29, 0.717) is 25.2 Å². The molecule has 1 heterocycles. The van der Waals surface area contributed by atoms with Gasteiger partial charge in [-0.1, -0.05) is 12.1 Å². The van der Waals surface area contributed by atoms with Gasteiger partial charge in [-0.25, -0.2) is 12.8 Å². The van der Waals surface area contributed by atoms with E-state index in [-0.39, 0.29) is 23.7 Å². The number of hydrogen-bond acceptors (Lipinski definition) is 4. The molecule has 0 spiro atoms. The van der Waals surface area contributed by atoms with Crippen molar-refractivity contribution in [2.45, 2.75) is 19.1 Å². The van der Waals surface area contributed by atoms with Crippen molar-refractivity contribution < 1.29 is 17.5 Å². The van der Waals surface area contributed by atoms with Gasteiger partial charge in [-0.3, -0.25) is 0 Å². The lowest BCUT2D eigenvalue weighted by Gasteiger charge is -2.36. The van der Waals surface area contributed by atoms with E-state index < -0.39 is 10.0 Å². The number of hydrogen-bond donors (Lipinski definition) is 1. The molecule has 1 aliphatic heterocycles. The van der Waals surface area contributed by atoms with Gasteiger partial charge in [-0.15, -0.1) is 0 Å². The molecule has 2 atom stereocenters. The fraction of sp³-hybridized carbons (Fsp3) is 0.571. The molecule has 21 heavy (non-hydrogen) atoms. The molecule has 1 aromatic rings. The Kier molecular flexibility index (Phi) is 5.32.